The van der Waals surface area contributed by atoms with Crippen molar-refractivity contribution in [2.24, 2.45) is 0 Å². The van der Waals surface area contributed by atoms with Gasteiger partial charge >= 0.3 is 6.09 Å². The number of carbonyl (C=O) groups excluding carboxylic acids is 1. The van der Waals surface area contributed by atoms with Crippen molar-refractivity contribution in [1.29, 1.82) is 0 Å². The van der Waals surface area contributed by atoms with Crippen LogP contribution in [0.1, 0.15) is 37.3 Å². The zero-order valence-corrected chi connectivity index (χ0v) is 16.7. The van der Waals surface area contributed by atoms with Crippen molar-refractivity contribution in [2.45, 2.75) is 43.6 Å². The van der Waals surface area contributed by atoms with Crippen molar-refractivity contribution < 1.29 is 17.9 Å². The van der Waals surface area contributed by atoms with Crippen molar-refractivity contribution in [1.82, 2.24) is 5.32 Å². The summed E-state index contributed by atoms with van der Waals surface area (Å²) in [5.41, 5.74) is 0.579. The molecule has 0 spiro atoms. The van der Waals surface area contributed by atoms with E-state index in [-0.39, 0.29) is 4.90 Å². The van der Waals surface area contributed by atoms with Crippen molar-refractivity contribution in [3.8, 4) is 0 Å². The fraction of sp³-hybridized carbons (Fsp3) is 0.316. The van der Waals surface area contributed by atoms with Crippen LogP contribution in [-0.2, 0) is 14.6 Å². The summed E-state index contributed by atoms with van der Waals surface area (Å²) in [6, 6.07) is 12.7. The van der Waals surface area contributed by atoms with E-state index in [0.29, 0.717) is 10.6 Å². The molecule has 2 aromatic rings. The third-order valence-corrected chi connectivity index (χ3v) is 5.67. The minimum Gasteiger partial charge on any atom is -0.444 e. The lowest BCUT2D eigenvalue weighted by Crippen LogP contribution is -2.38. The van der Waals surface area contributed by atoms with Crippen LogP contribution in [-0.4, -0.2) is 20.1 Å². The summed E-state index contributed by atoms with van der Waals surface area (Å²) >= 11 is 5.90. The molecule has 2 rings (SSSR count). The Morgan fingerprint density at radius 3 is 2.08 bits per heavy atom. The van der Waals surface area contributed by atoms with Gasteiger partial charge in [0.2, 0.25) is 9.84 Å². The molecule has 1 N–H and O–H groups in total. The number of ether oxygens (including phenoxy) is 1. The molecule has 7 heteroatoms. The van der Waals surface area contributed by atoms with E-state index in [0.717, 1.165) is 5.56 Å². The summed E-state index contributed by atoms with van der Waals surface area (Å²) in [7, 11) is -3.89. The third kappa shape index (κ3) is 5.22. The van der Waals surface area contributed by atoms with Gasteiger partial charge in [-0.15, -0.1) is 0 Å². The number of rotatable bonds is 4. The predicted molar refractivity (Wildman–Crippen MR) is 102 cm³/mol. The Hall–Kier alpha value is -2.05. The van der Waals surface area contributed by atoms with Gasteiger partial charge in [0.05, 0.1) is 4.90 Å². The van der Waals surface area contributed by atoms with Gasteiger partial charge in [-0.2, -0.15) is 0 Å². The number of halogens is 1. The van der Waals surface area contributed by atoms with Gasteiger partial charge in [0.15, 0.2) is 5.37 Å². The van der Waals surface area contributed by atoms with Crippen molar-refractivity contribution in [3.05, 3.63) is 64.7 Å². The molecule has 0 saturated carbocycles. The molecule has 0 saturated heterocycles. The van der Waals surface area contributed by atoms with Crippen LogP contribution in [0.2, 0.25) is 5.02 Å². The SMILES string of the molecule is Cc1ccc(S(=O)(=O)C(NC(=O)OC(C)(C)C)c2ccc(Cl)cc2)cc1. The highest BCUT2D eigenvalue weighted by molar-refractivity contribution is 7.91. The normalized spacial score (nSPS) is 13.1. The largest absolute Gasteiger partial charge is 0.444 e. The zero-order chi connectivity index (χ0) is 19.5. The second kappa shape index (κ2) is 7.68. The molecule has 0 radical (unpaired) electrons. The highest BCUT2D eigenvalue weighted by atomic mass is 35.5. The van der Waals surface area contributed by atoms with Crippen LogP contribution in [0.4, 0.5) is 4.79 Å². The molecule has 0 fully saturated rings. The Balaban J connectivity index is 2.44. The molecule has 0 heterocycles. The fourth-order valence-corrected chi connectivity index (χ4v) is 3.94. The van der Waals surface area contributed by atoms with E-state index >= 15 is 0 Å². The summed E-state index contributed by atoms with van der Waals surface area (Å²) < 4.78 is 31.5. The highest BCUT2D eigenvalue weighted by Gasteiger charge is 2.32. The number of benzene rings is 2. The van der Waals surface area contributed by atoms with Gasteiger partial charge in [0.1, 0.15) is 5.60 Å². The zero-order valence-electron chi connectivity index (χ0n) is 15.1. The van der Waals surface area contributed by atoms with Gasteiger partial charge in [-0.1, -0.05) is 41.4 Å². The molecular formula is C19H22ClNO4S. The van der Waals surface area contributed by atoms with Crippen molar-refractivity contribution in [3.63, 3.8) is 0 Å². The number of amides is 1. The van der Waals surface area contributed by atoms with Gasteiger partial charge < -0.3 is 10.1 Å². The summed E-state index contributed by atoms with van der Waals surface area (Å²) in [6.45, 7) is 6.99. The van der Waals surface area contributed by atoms with Crippen LogP contribution in [0, 0.1) is 6.92 Å². The molecule has 0 aliphatic rings. The standard InChI is InChI=1S/C19H22ClNO4S/c1-13-5-11-16(12-6-13)26(23,24)17(14-7-9-15(20)10-8-14)21-18(22)25-19(2,3)4/h5-12,17H,1-4H3,(H,21,22). The summed E-state index contributed by atoms with van der Waals surface area (Å²) in [5, 5.41) is 1.65. The second-order valence-corrected chi connectivity index (χ2v) is 9.41. The summed E-state index contributed by atoms with van der Waals surface area (Å²) in [6.07, 6.45) is -0.812. The van der Waals surface area contributed by atoms with E-state index in [1.165, 1.54) is 12.1 Å². The minimum absolute atomic E-state index is 0.110. The average molecular weight is 396 g/mol. The molecule has 26 heavy (non-hydrogen) atoms. The summed E-state index contributed by atoms with van der Waals surface area (Å²) in [5.74, 6) is 0. The van der Waals surface area contributed by atoms with Gasteiger partial charge in [-0.05, 0) is 57.5 Å². The first-order chi connectivity index (χ1) is 12.0. The van der Waals surface area contributed by atoms with Crippen LogP contribution in [0.25, 0.3) is 0 Å². The molecule has 2 aromatic carbocycles. The molecule has 1 amide bonds. The molecule has 0 bridgehead atoms. The van der Waals surface area contributed by atoms with E-state index in [1.54, 1.807) is 57.2 Å². The maximum atomic E-state index is 13.1. The van der Waals surface area contributed by atoms with Crippen LogP contribution in [0.5, 0.6) is 0 Å². The van der Waals surface area contributed by atoms with Gasteiger partial charge in [-0.25, -0.2) is 13.2 Å². The topological polar surface area (TPSA) is 72.5 Å². The maximum absolute atomic E-state index is 13.1. The van der Waals surface area contributed by atoms with Gasteiger partial charge in [0.25, 0.3) is 0 Å². The highest BCUT2D eigenvalue weighted by Crippen LogP contribution is 2.28. The first-order valence-corrected chi connectivity index (χ1v) is 9.97. The molecule has 0 aliphatic heterocycles. The number of nitrogens with one attached hydrogen (secondary N) is 1. The predicted octanol–water partition coefficient (Wildman–Crippen LogP) is 4.65. The Bertz CT molecular complexity index is 869. The van der Waals surface area contributed by atoms with Crippen LogP contribution in [0.3, 0.4) is 0 Å². The number of aryl methyl sites for hydroxylation is 1. The van der Waals surface area contributed by atoms with Gasteiger partial charge in [0, 0.05) is 5.02 Å². The average Bonchev–Trinajstić information content (AvgIpc) is 2.52. The van der Waals surface area contributed by atoms with E-state index < -0.39 is 26.9 Å². The maximum Gasteiger partial charge on any atom is 0.408 e. The smallest absolute Gasteiger partial charge is 0.408 e. The van der Waals surface area contributed by atoms with E-state index in [1.807, 2.05) is 6.92 Å². The second-order valence-electron chi connectivity index (χ2n) is 6.94. The lowest BCUT2D eigenvalue weighted by atomic mass is 10.2. The Morgan fingerprint density at radius 2 is 1.58 bits per heavy atom. The first kappa shape index (κ1) is 20.3. The third-order valence-electron chi connectivity index (χ3n) is 3.48. The molecule has 0 aromatic heterocycles. The van der Waals surface area contributed by atoms with Crippen LogP contribution < -0.4 is 5.32 Å². The number of hydrogen-bond donors (Lipinski definition) is 1. The van der Waals surface area contributed by atoms with E-state index in [4.69, 9.17) is 16.3 Å². The van der Waals surface area contributed by atoms with Crippen molar-refractivity contribution >= 4 is 27.5 Å². The number of hydrogen-bond acceptors (Lipinski definition) is 4. The Morgan fingerprint density at radius 1 is 1.04 bits per heavy atom. The molecule has 0 aliphatic carbocycles. The quantitative estimate of drug-likeness (QED) is 0.818. The molecule has 140 valence electrons. The molecule has 5 nitrogen and oxygen atoms in total. The summed E-state index contributed by atoms with van der Waals surface area (Å²) in [4.78, 5) is 12.3. The van der Waals surface area contributed by atoms with Gasteiger partial charge in [-0.3, -0.25) is 0 Å². The minimum atomic E-state index is -3.89. The Kier molecular flexibility index (Phi) is 5.98. The molecule has 1 unspecified atom stereocenters. The fourth-order valence-electron chi connectivity index (χ4n) is 2.26. The molecule has 1 atom stereocenters. The lowest BCUT2D eigenvalue weighted by Gasteiger charge is -2.24. The molecular weight excluding hydrogens is 374 g/mol. The number of carbonyl (C=O) groups is 1. The van der Waals surface area contributed by atoms with Crippen LogP contribution >= 0.6 is 11.6 Å². The number of alkyl carbamates (subject to hydrolysis) is 1. The lowest BCUT2D eigenvalue weighted by molar-refractivity contribution is 0.0519. The van der Waals surface area contributed by atoms with Crippen LogP contribution in [0.15, 0.2) is 53.4 Å². The Labute approximate surface area is 159 Å². The van der Waals surface area contributed by atoms with Crippen molar-refractivity contribution in [2.75, 3.05) is 0 Å². The first-order valence-electron chi connectivity index (χ1n) is 8.04. The van der Waals surface area contributed by atoms with E-state index in [2.05, 4.69) is 5.32 Å². The monoisotopic (exact) mass is 395 g/mol. The number of sulfone groups is 1. The van der Waals surface area contributed by atoms with E-state index in [9.17, 15) is 13.2 Å².